The van der Waals surface area contributed by atoms with E-state index in [1.54, 1.807) is 0 Å². The number of hydrogen-bond acceptors (Lipinski definition) is 4. The van der Waals surface area contributed by atoms with E-state index in [1.165, 1.54) is 5.69 Å². The molecule has 3 heterocycles. The number of para-hydroxylation sites is 2. The minimum Gasteiger partial charge on any atom is -0.368 e. The number of aromatic nitrogens is 3. The molecular formula is C21H21N5. The van der Waals surface area contributed by atoms with Gasteiger partial charge in [0.25, 0.3) is 0 Å². The normalized spacial score (nSPS) is 15.1. The van der Waals surface area contributed by atoms with Crippen molar-refractivity contribution in [3.63, 3.8) is 0 Å². The second-order valence-corrected chi connectivity index (χ2v) is 6.82. The van der Waals surface area contributed by atoms with Gasteiger partial charge in [0.2, 0.25) is 0 Å². The molecule has 130 valence electrons. The topological polar surface area (TPSA) is 36.7 Å². The lowest BCUT2D eigenvalue weighted by molar-refractivity contribution is 0.649. The zero-order chi connectivity index (χ0) is 17.5. The number of aryl methyl sites for hydroxylation is 1. The smallest absolute Gasteiger partial charge is 0.158 e. The molecule has 1 aliphatic rings. The van der Waals surface area contributed by atoms with Gasteiger partial charge in [0, 0.05) is 43.3 Å². The third-order valence-corrected chi connectivity index (χ3v) is 5.11. The molecule has 0 aliphatic carbocycles. The average Bonchev–Trinajstić information content (AvgIpc) is 3.09. The van der Waals surface area contributed by atoms with Crippen molar-refractivity contribution in [3.05, 3.63) is 66.4 Å². The fourth-order valence-corrected chi connectivity index (χ4v) is 3.82. The van der Waals surface area contributed by atoms with Gasteiger partial charge in [-0.15, -0.1) is 0 Å². The number of anilines is 2. The molecule has 0 N–H and O–H groups in total. The molecule has 1 saturated heterocycles. The number of nitrogens with zero attached hydrogens (tertiary/aromatic N) is 5. The van der Waals surface area contributed by atoms with E-state index in [9.17, 15) is 0 Å². The van der Waals surface area contributed by atoms with Crippen LogP contribution in [0.1, 0.15) is 5.69 Å². The molecule has 5 heteroatoms. The summed E-state index contributed by atoms with van der Waals surface area (Å²) in [4.78, 5) is 9.81. The van der Waals surface area contributed by atoms with Gasteiger partial charge in [-0.3, -0.25) is 0 Å². The fraction of sp³-hybridized carbons (Fsp3) is 0.238. The van der Waals surface area contributed by atoms with Crippen LogP contribution in [0, 0.1) is 6.92 Å². The van der Waals surface area contributed by atoms with E-state index in [0.29, 0.717) is 0 Å². The molecule has 0 atom stereocenters. The Morgan fingerprint density at radius 1 is 0.808 bits per heavy atom. The summed E-state index contributed by atoms with van der Waals surface area (Å²) < 4.78 is 1.95. The minimum atomic E-state index is 0.918. The van der Waals surface area contributed by atoms with Crippen molar-refractivity contribution in [2.75, 3.05) is 36.0 Å². The van der Waals surface area contributed by atoms with Crippen LogP contribution in [0.4, 0.5) is 11.5 Å². The highest BCUT2D eigenvalue weighted by atomic mass is 15.3. The maximum atomic E-state index is 4.95. The average molecular weight is 343 g/mol. The largest absolute Gasteiger partial charge is 0.368 e. The molecular weight excluding hydrogens is 322 g/mol. The molecule has 4 aromatic rings. The Labute approximate surface area is 152 Å². The summed E-state index contributed by atoms with van der Waals surface area (Å²) in [5.41, 5.74) is 4.33. The van der Waals surface area contributed by atoms with Crippen molar-refractivity contribution in [1.82, 2.24) is 14.6 Å². The van der Waals surface area contributed by atoms with Crippen molar-refractivity contribution in [1.29, 1.82) is 0 Å². The highest BCUT2D eigenvalue weighted by Crippen LogP contribution is 2.28. The van der Waals surface area contributed by atoms with E-state index in [0.717, 1.165) is 54.2 Å². The van der Waals surface area contributed by atoms with E-state index in [4.69, 9.17) is 4.98 Å². The monoisotopic (exact) mass is 343 g/mol. The third-order valence-electron chi connectivity index (χ3n) is 5.11. The summed E-state index contributed by atoms with van der Waals surface area (Å²) in [5.74, 6) is 1.07. The van der Waals surface area contributed by atoms with E-state index >= 15 is 0 Å². The number of rotatable bonds is 2. The lowest BCUT2D eigenvalue weighted by atomic mass is 10.2. The highest BCUT2D eigenvalue weighted by molar-refractivity contribution is 5.91. The van der Waals surface area contributed by atoms with Crippen LogP contribution >= 0.6 is 0 Å². The van der Waals surface area contributed by atoms with Gasteiger partial charge in [0.1, 0.15) is 5.82 Å². The van der Waals surface area contributed by atoms with E-state index < -0.39 is 0 Å². The zero-order valence-electron chi connectivity index (χ0n) is 14.8. The van der Waals surface area contributed by atoms with Crippen molar-refractivity contribution in [3.8, 4) is 0 Å². The van der Waals surface area contributed by atoms with Gasteiger partial charge in [0.05, 0.1) is 11.2 Å². The van der Waals surface area contributed by atoms with Crippen molar-refractivity contribution >= 4 is 28.1 Å². The van der Waals surface area contributed by atoms with Gasteiger partial charge in [-0.2, -0.15) is 5.10 Å². The van der Waals surface area contributed by atoms with Gasteiger partial charge < -0.3 is 9.80 Å². The van der Waals surface area contributed by atoms with Crippen LogP contribution in [0.3, 0.4) is 0 Å². The maximum Gasteiger partial charge on any atom is 0.158 e. The van der Waals surface area contributed by atoms with E-state index in [-0.39, 0.29) is 0 Å². The molecule has 0 bridgehead atoms. The quantitative estimate of drug-likeness (QED) is 0.558. The Hall–Kier alpha value is -3.08. The first-order valence-corrected chi connectivity index (χ1v) is 9.10. The third kappa shape index (κ3) is 2.47. The first-order valence-electron chi connectivity index (χ1n) is 9.10. The molecule has 2 aromatic carbocycles. The first-order chi connectivity index (χ1) is 12.8. The Balaban J connectivity index is 1.51. The maximum absolute atomic E-state index is 4.95. The molecule has 0 saturated carbocycles. The van der Waals surface area contributed by atoms with Crippen LogP contribution in [0.25, 0.3) is 16.6 Å². The molecule has 5 rings (SSSR count). The predicted molar refractivity (Wildman–Crippen MR) is 106 cm³/mol. The summed E-state index contributed by atoms with van der Waals surface area (Å²) in [6.07, 6.45) is 0. The lowest BCUT2D eigenvalue weighted by Crippen LogP contribution is -2.47. The molecule has 1 aliphatic heterocycles. The SMILES string of the molecule is Cc1cc2nc(N3CCN(c4ccccc4)CC3)c3ccccc3n2n1. The highest BCUT2D eigenvalue weighted by Gasteiger charge is 2.21. The second kappa shape index (κ2) is 6.02. The summed E-state index contributed by atoms with van der Waals surface area (Å²) in [6.45, 7) is 5.96. The summed E-state index contributed by atoms with van der Waals surface area (Å²) >= 11 is 0. The van der Waals surface area contributed by atoms with Gasteiger partial charge >= 0.3 is 0 Å². The molecule has 2 aromatic heterocycles. The molecule has 26 heavy (non-hydrogen) atoms. The molecule has 5 nitrogen and oxygen atoms in total. The second-order valence-electron chi connectivity index (χ2n) is 6.82. The first kappa shape index (κ1) is 15.2. The van der Waals surface area contributed by atoms with Gasteiger partial charge in [-0.05, 0) is 31.2 Å². The van der Waals surface area contributed by atoms with Gasteiger partial charge in [-0.25, -0.2) is 9.50 Å². The number of hydrogen-bond donors (Lipinski definition) is 0. The predicted octanol–water partition coefficient (Wildman–Crippen LogP) is 3.52. The fourth-order valence-electron chi connectivity index (χ4n) is 3.82. The molecule has 0 unspecified atom stereocenters. The number of benzene rings is 2. The van der Waals surface area contributed by atoms with Crippen molar-refractivity contribution in [2.45, 2.75) is 6.92 Å². The summed E-state index contributed by atoms with van der Waals surface area (Å²) in [5, 5.41) is 5.77. The molecule has 0 amide bonds. The summed E-state index contributed by atoms with van der Waals surface area (Å²) in [6, 6.07) is 21.1. The molecule has 0 spiro atoms. The molecule has 1 fully saturated rings. The Kier molecular flexibility index (Phi) is 3.52. The van der Waals surface area contributed by atoms with Crippen molar-refractivity contribution in [2.24, 2.45) is 0 Å². The van der Waals surface area contributed by atoms with Crippen LogP contribution in [0.15, 0.2) is 60.7 Å². The number of fused-ring (bicyclic) bond motifs is 3. The van der Waals surface area contributed by atoms with Gasteiger partial charge in [-0.1, -0.05) is 30.3 Å². The molecule has 0 radical (unpaired) electrons. The Morgan fingerprint density at radius 2 is 1.50 bits per heavy atom. The van der Waals surface area contributed by atoms with Crippen LogP contribution in [-0.4, -0.2) is 40.8 Å². The minimum absolute atomic E-state index is 0.918. The van der Waals surface area contributed by atoms with E-state index in [2.05, 4.69) is 75.6 Å². The van der Waals surface area contributed by atoms with E-state index in [1.807, 2.05) is 11.4 Å². The van der Waals surface area contributed by atoms with Crippen LogP contribution in [-0.2, 0) is 0 Å². The Morgan fingerprint density at radius 3 is 2.31 bits per heavy atom. The van der Waals surface area contributed by atoms with Crippen LogP contribution < -0.4 is 9.80 Å². The summed E-state index contributed by atoms with van der Waals surface area (Å²) in [7, 11) is 0. The van der Waals surface area contributed by atoms with Gasteiger partial charge in [0.15, 0.2) is 5.65 Å². The van der Waals surface area contributed by atoms with Crippen LogP contribution in [0.2, 0.25) is 0 Å². The van der Waals surface area contributed by atoms with Crippen LogP contribution in [0.5, 0.6) is 0 Å². The zero-order valence-corrected chi connectivity index (χ0v) is 14.8. The number of piperazine rings is 1. The lowest BCUT2D eigenvalue weighted by Gasteiger charge is -2.37. The standard InChI is InChI=1S/C21H21N5/c1-16-15-20-22-21(18-9-5-6-10-19(18)26(20)23-16)25-13-11-24(12-14-25)17-7-3-2-4-8-17/h2-10,15H,11-14H2,1H3. The Bertz CT molecular complexity index is 1060. The van der Waals surface area contributed by atoms with Crippen molar-refractivity contribution < 1.29 is 0 Å².